The maximum Gasteiger partial charge on any atom is 0.251 e. The van der Waals surface area contributed by atoms with Crippen LogP contribution in [0.25, 0.3) is 0 Å². The third kappa shape index (κ3) is 5.01. The Bertz CT molecular complexity index is 782. The Kier molecular flexibility index (Phi) is 5.57. The summed E-state index contributed by atoms with van der Waals surface area (Å²) in [4.78, 5) is 16.3. The molecule has 3 aromatic rings. The second kappa shape index (κ2) is 8.24. The third-order valence-corrected chi connectivity index (χ3v) is 4.11. The van der Waals surface area contributed by atoms with Gasteiger partial charge in [0.1, 0.15) is 12.7 Å². The zero-order valence-corrected chi connectivity index (χ0v) is 14.3. The summed E-state index contributed by atoms with van der Waals surface area (Å²) in [6.07, 6.45) is 5.06. The van der Waals surface area contributed by atoms with Crippen LogP contribution in [0.1, 0.15) is 34.8 Å². The molecule has 128 valence electrons. The molecular formula is C20H22N4O. The number of benzene rings is 2. The van der Waals surface area contributed by atoms with Gasteiger partial charge in [0, 0.05) is 11.6 Å². The summed E-state index contributed by atoms with van der Waals surface area (Å²) >= 11 is 0. The largest absolute Gasteiger partial charge is 0.350 e. The van der Waals surface area contributed by atoms with E-state index in [1.807, 2.05) is 49.4 Å². The van der Waals surface area contributed by atoms with Crippen LogP contribution in [0, 0.1) is 0 Å². The molecule has 3 rings (SSSR count). The first kappa shape index (κ1) is 16.9. The maximum absolute atomic E-state index is 12.4. The van der Waals surface area contributed by atoms with E-state index < -0.39 is 0 Å². The average Bonchev–Trinajstić information content (AvgIpc) is 3.14. The molecule has 2 aromatic carbocycles. The number of hydrogen-bond donors (Lipinski definition) is 1. The van der Waals surface area contributed by atoms with Crippen molar-refractivity contribution in [2.24, 2.45) is 0 Å². The summed E-state index contributed by atoms with van der Waals surface area (Å²) in [5, 5.41) is 7.15. The van der Waals surface area contributed by atoms with Crippen molar-refractivity contribution in [2.45, 2.75) is 32.4 Å². The van der Waals surface area contributed by atoms with Crippen LogP contribution in [0.5, 0.6) is 0 Å². The highest BCUT2D eigenvalue weighted by Gasteiger charge is 2.10. The summed E-state index contributed by atoms with van der Waals surface area (Å²) in [5.74, 6) is -0.0344. The van der Waals surface area contributed by atoms with Gasteiger partial charge in [-0.3, -0.25) is 4.79 Å². The van der Waals surface area contributed by atoms with Gasteiger partial charge in [-0.2, -0.15) is 5.10 Å². The number of hydrogen-bond acceptors (Lipinski definition) is 3. The van der Waals surface area contributed by atoms with E-state index in [1.165, 1.54) is 11.9 Å². The monoisotopic (exact) mass is 334 g/mol. The molecule has 0 fully saturated rings. The average molecular weight is 334 g/mol. The molecule has 0 saturated carbocycles. The van der Waals surface area contributed by atoms with E-state index in [4.69, 9.17) is 0 Å². The Morgan fingerprint density at radius 1 is 1.08 bits per heavy atom. The number of rotatable bonds is 7. The fourth-order valence-electron chi connectivity index (χ4n) is 2.67. The lowest BCUT2D eigenvalue weighted by molar-refractivity contribution is 0.0938. The van der Waals surface area contributed by atoms with Crippen molar-refractivity contribution in [3.05, 3.63) is 83.9 Å². The van der Waals surface area contributed by atoms with Gasteiger partial charge in [-0.25, -0.2) is 9.67 Å². The van der Waals surface area contributed by atoms with Gasteiger partial charge < -0.3 is 5.32 Å². The van der Waals surface area contributed by atoms with E-state index in [1.54, 1.807) is 11.0 Å². The highest BCUT2D eigenvalue weighted by Crippen LogP contribution is 2.08. The van der Waals surface area contributed by atoms with Crippen LogP contribution in [-0.2, 0) is 13.0 Å². The number of amides is 1. The lowest BCUT2D eigenvalue weighted by Gasteiger charge is -2.14. The van der Waals surface area contributed by atoms with Crippen LogP contribution in [0.15, 0.2) is 67.3 Å². The van der Waals surface area contributed by atoms with Gasteiger partial charge in [0.25, 0.3) is 5.91 Å². The second-order valence-electron chi connectivity index (χ2n) is 6.19. The SMILES string of the molecule is C[C@H](CCc1ccccc1)NC(=O)c1ccc(Cn2cncn2)cc1. The third-order valence-electron chi connectivity index (χ3n) is 4.11. The fraction of sp³-hybridized carbons (Fsp3) is 0.250. The van der Waals surface area contributed by atoms with Crippen molar-refractivity contribution in [1.82, 2.24) is 20.1 Å². The van der Waals surface area contributed by atoms with E-state index in [2.05, 4.69) is 27.5 Å². The molecule has 1 aromatic heterocycles. The summed E-state index contributed by atoms with van der Waals surface area (Å²) < 4.78 is 1.75. The first-order valence-corrected chi connectivity index (χ1v) is 8.47. The standard InChI is InChI=1S/C20H22N4O/c1-16(7-8-17-5-3-2-4-6-17)23-20(25)19-11-9-18(10-12-19)13-24-15-21-14-22-24/h2-6,9-12,14-16H,7-8,13H2,1H3,(H,23,25)/t16-/m1/s1. The molecule has 5 nitrogen and oxygen atoms in total. The second-order valence-corrected chi connectivity index (χ2v) is 6.19. The number of carbonyl (C=O) groups excluding carboxylic acids is 1. The molecule has 0 radical (unpaired) electrons. The molecule has 5 heteroatoms. The van der Waals surface area contributed by atoms with E-state index in [0.29, 0.717) is 12.1 Å². The van der Waals surface area contributed by atoms with Crippen molar-refractivity contribution in [3.63, 3.8) is 0 Å². The Morgan fingerprint density at radius 3 is 2.52 bits per heavy atom. The summed E-state index contributed by atoms with van der Waals surface area (Å²) in [6, 6.07) is 18.1. The van der Waals surface area contributed by atoms with Crippen molar-refractivity contribution >= 4 is 5.91 Å². The molecule has 0 aliphatic carbocycles. The van der Waals surface area contributed by atoms with Crippen LogP contribution in [0.3, 0.4) is 0 Å². The highest BCUT2D eigenvalue weighted by molar-refractivity contribution is 5.94. The van der Waals surface area contributed by atoms with Gasteiger partial charge >= 0.3 is 0 Å². The lowest BCUT2D eigenvalue weighted by atomic mass is 10.1. The van der Waals surface area contributed by atoms with Crippen LogP contribution < -0.4 is 5.32 Å². The minimum atomic E-state index is -0.0344. The quantitative estimate of drug-likeness (QED) is 0.722. The number of carbonyl (C=O) groups is 1. The summed E-state index contributed by atoms with van der Waals surface area (Å²) in [5.41, 5.74) is 3.05. The predicted molar refractivity (Wildman–Crippen MR) is 97.3 cm³/mol. The number of nitrogens with one attached hydrogen (secondary N) is 1. The number of aryl methyl sites for hydroxylation is 1. The van der Waals surface area contributed by atoms with Gasteiger partial charge in [0.05, 0.1) is 6.54 Å². The van der Waals surface area contributed by atoms with Gasteiger partial charge in [0.15, 0.2) is 0 Å². The van der Waals surface area contributed by atoms with Gasteiger partial charge in [-0.05, 0) is 43.0 Å². The van der Waals surface area contributed by atoms with Crippen LogP contribution in [-0.4, -0.2) is 26.7 Å². The molecule has 0 unspecified atom stereocenters. The Morgan fingerprint density at radius 2 is 1.84 bits per heavy atom. The van der Waals surface area contributed by atoms with E-state index in [9.17, 15) is 4.79 Å². The van der Waals surface area contributed by atoms with Crippen LogP contribution in [0.2, 0.25) is 0 Å². The summed E-state index contributed by atoms with van der Waals surface area (Å²) in [6.45, 7) is 2.69. The summed E-state index contributed by atoms with van der Waals surface area (Å²) in [7, 11) is 0. The Labute approximate surface area is 147 Å². The van der Waals surface area contributed by atoms with E-state index in [0.717, 1.165) is 18.4 Å². The first-order valence-electron chi connectivity index (χ1n) is 8.47. The Balaban J connectivity index is 1.50. The molecule has 0 saturated heterocycles. The van der Waals surface area contributed by atoms with Gasteiger partial charge in [0.2, 0.25) is 0 Å². The van der Waals surface area contributed by atoms with Crippen molar-refractivity contribution in [1.29, 1.82) is 0 Å². The Hall–Kier alpha value is -2.95. The molecule has 0 aliphatic rings. The fourth-order valence-corrected chi connectivity index (χ4v) is 2.67. The molecule has 1 N–H and O–H groups in total. The normalized spacial score (nSPS) is 11.9. The van der Waals surface area contributed by atoms with Crippen molar-refractivity contribution in [2.75, 3.05) is 0 Å². The lowest BCUT2D eigenvalue weighted by Crippen LogP contribution is -2.32. The van der Waals surface area contributed by atoms with Gasteiger partial charge in [-0.15, -0.1) is 0 Å². The van der Waals surface area contributed by atoms with E-state index >= 15 is 0 Å². The van der Waals surface area contributed by atoms with Crippen LogP contribution in [0.4, 0.5) is 0 Å². The zero-order valence-electron chi connectivity index (χ0n) is 14.3. The molecule has 1 amide bonds. The number of aromatic nitrogens is 3. The number of nitrogens with zero attached hydrogens (tertiary/aromatic N) is 3. The first-order chi connectivity index (χ1) is 12.2. The maximum atomic E-state index is 12.4. The molecular weight excluding hydrogens is 312 g/mol. The zero-order chi connectivity index (χ0) is 17.5. The smallest absolute Gasteiger partial charge is 0.251 e. The minimum Gasteiger partial charge on any atom is -0.350 e. The molecule has 1 atom stereocenters. The topological polar surface area (TPSA) is 59.8 Å². The predicted octanol–water partition coefficient (Wildman–Crippen LogP) is 3.08. The molecule has 0 spiro atoms. The molecule has 0 bridgehead atoms. The highest BCUT2D eigenvalue weighted by atomic mass is 16.1. The van der Waals surface area contributed by atoms with Crippen molar-refractivity contribution < 1.29 is 4.79 Å². The van der Waals surface area contributed by atoms with Gasteiger partial charge in [-0.1, -0.05) is 42.5 Å². The van der Waals surface area contributed by atoms with Crippen molar-refractivity contribution in [3.8, 4) is 0 Å². The van der Waals surface area contributed by atoms with E-state index in [-0.39, 0.29) is 11.9 Å². The molecule has 1 heterocycles. The molecule has 0 aliphatic heterocycles. The minimum absolute atomic E-state index is 0.0344. The molecule has 25 heavy (non-hydrogen) atoms. The van der Waals surface area contributed by atoms with Crippen LogP contribution >= 0.6 is 0 Å².